The molecule has 1 aromatic heterocycles. The Labute approximate surface area is 140 Å². The number of carbonyl (C=O) groups excluding carboxylic acids is 1. The first-order valence-corrected chi connectivity index (χ1v) is 8.41. The van der Waals surface area contributed by atoms with E-state index in [4.69, 9.17) is 10.2 Å². The molecule has 0 saturated carbocycles. The van der Waals surface area contributed by atoms with Gasteiger partial charge < -0.3 is 20.4 Å². The molecule has 6 heteroatoms. The number of hydrogen-bond acceptors (Lipinski definition) is 4. The maximum absolute atomic E-state index is 12.5. The number of hydrogen-bond donors (Lipinski definition) is 3. The van der Waals surface area contributed by atoms with Gasteiger partial charge in [-0.2, -0.15) is 0 Å². The summed E-state index contributed by atoms with van der Waals surface area (Å²) >= 11 is 1.58. The van der Waals surface area contributed by atoms with Crippen molar-refractivity contribution in [3.63, 3.8) is 0 Å². The average Bonchev–Trinajstić information content (AvgIpc) is 3.07. The topological polar surface area (TPSA) is 72.8 Å². The maximum atomic E-state index is 12.5. The molecule has 23 heavy (non-hydrogen) atoms. The van der Waals surface area contributed by atoms with Crippen LogP contribution >= 0.6 is 11.3 Å². The van der Waals surface area contributed by atoms with Crippen molar-refractivity contribution in [2.24, 2.45) is 0 Å². The number of thiophene rings is 1. The number of rotatable bonds is 7. The zero-order valence-corrected chi connectivity index (χ0v) is 13.9. The van der Waals surface area contributed by atoms with Crippen LogP contribution in [0.25, 0.3) is 0 Å². The maximum Gasteiger partial charge on any atom is 0.318 e. The number of aryl methyl sites for hydroxylation is 1. The highest BCUT2D eigenvalue weighted by Crippen LogP contribution is 2.28. The molecule has 0 saturated heterocycles. The lowest BCUT2D eigenvalue weighted by Crippen LogP contribution is -2.44. The Morgan fingerprint density at radius 2 is 1.87 bits per heavy atom. The van der Waals surface area contributed by atoms with E-state index in [0.29, 0.717) is 0 Å². The van der Waals surface area contributed by atoms with E-state index >= 15 is 0 Å². The first kappa shape index (κ1) is 17.5. The van der Waals surface area contributed by atoms with Gasteiger partial charge in [0.2, 0.25) is 0 Å². The van der Waals surface area contributed by atoms with Gasteiger partial charge in [0.1, 0.15) is 0 Å². The predicted octanol–water partition coefficient (Wildman–Crippen LogP) is 2.14. The van der Waals surface area contributed by atoms with Gasteiger partial charge in [-0.05, 0) is 29.5 Å². The number of carbonyl (C=O) groups is 1. The highest BCUT2D eigenvalue weighted by atomic mass is 32.1. The van der Waals surface area contributed by atoms with Gasteiger partial charge in [0.15, 0.2) is 0 Å². The minimum absolute atomic E-state index is 0.137. The van der Waals surface area contributed by atoms with Crippen molar-refractivity contribution in [2.75, 3.05) is 26.3 Å². The van der Waals surface area contributed by atoms with Crippen LogP contribution in [0.2, 0.25) is 0 Å². The standard InChI is InChI=1S/C17H22N2O3S/c1-13-5-2-3-6-14(13)16(15-7-4-12-23-15)18-17(22)19(8-10-20)9-11-21/h2-7,12,16,20-21H,8-11H2,1H3,(H,18,22). The van der Waals surface area contributed by atoms with Crippen LogP contribution in [0.1, 0.15) is 22.0 Å². The predicted molar refractivity (Wildman–Crippen MR) is 91.6 cm³/mol. The summed E-state index contributed by atoms with van der Waals surface area (Å²) in [6, 6.07) is 11.3. The van der Waals surface area contributed by atoms with Gasteiger partial charge in [0, 0.05) is 18.0 Å². The summed E-state index contributed by atoms with van der Waals surface area (Å²) in [4.78, 5) is 15.0. The van der Waals surface area contributed by atoms with Crippen LogP contribution < -0.4 is 5.32 Å². The quantitative estimate of drug-likeness (QED) is 0.726. The molecule has 1 heterocycles. The van der Waals surface area contributed by atoms with E-state index in [0.717, 1.165) is 16.0 Å². The van der Waals surface area contributed by atoms with Crippen molar-refractivity contribution in [1.82, 2.24) is 10.2 Å². The molecule has 2 aromatic rings. The van der Waals surface area contributed by atoms with E-state index < -0.39 is 0 Å². The molecule has 0 fully saturated rings. The van der Waals surface area contributed by atoms with Crippen LogP contribution in [0.4, 0.5) is 4.79 Å². The SMILES string of the molecule is Cc1ccccc1C(NC(=O)N(CCO)CCO)c1cccs1. The van der Waals surface area contributed by atoms with Crippen molar-refractivity contribution >= 4 is 17.4 Å². The van der Waals surface area contributed by atoms with Gasteiger partial charge in [-0.1, -0.05) is 30.3 Å². The molecular weight excluding hydrogens is 312 g/mol. The summed E-state index contributed by atoms with van der Waals surface area (Å²) in [5.41, 5.74) is 2.14. The lowest BCUT2D eigenvalue weighted by molar-refractivity contribution is 0.157. The monoisotopic (exact) mass is 334 g/mol. The Balaban J connectivity index is 2.25. The first-order chi connectivity index (χ1) is 11.2. The molecule has 2 rings (SSSR count). The fourth-order valence-electron chi connectivity index (χ4n) is 2.44. The molecule has 5 nitrogen and oxygen atoms in total. The average molecular weight is 334 g/mol. The number of aliphatic hydroxyl groups excluding tert-OH is 2. The molecule has 1 atom stereocenters. The minimum atomic E-state index is -0.297. The van der Waals surface area contributed by atoms with Gasteiger partial charge in [-0.3, -0.25) is 0 Å². The molecular formula is C17H22N2O3S. The summed E-state index contributed by atoms with van der Waals surface area (Å²) in [5.74, 6) is 0. The van der Waals surface area contributed by atoms with Crippen LogP contribution in [0.5, 0.6) is 0 Å². The van der Waals surface area contributed by atoms with Crippen molar-refractivity contribution in [3.8, 4) is 0 Å². The smallest absolute Gasteiger partial charge is 0.318 e. The van der Waals surface area contributed by atoms with Gasteiger partial charge in [-0.25, -0.2) is 4.79 Å². The van der Waals surface area contributed by atoms with E-state index in [9.17, 15) is 4.79 Å². The second-order valence-corrected chi connectivity index (χ2v) is 6.17. The lowest BCUT2D eigenvalue weighted by atomic mass is 10.00. The third kappa shape index (κ3) is 4.54. The Hall–Kier alpha value is -1.89. The molecule has 1 unspecified atom stereocenters. The third-order valence-electron chi connectivity index (χ3n) is 3.62. The molecule has 124 valence electrons. The van der Waals surface area contributed by atoms with Crippen LogP contribution in [0, 0.1) is 6.92 Å². The third-order valence-corrected chi connectivity index (χ3v) is 4.56. The molecule has 0 aliphatic heterocycles. The highest BCUT2D eigenvalue weighted by molar-refractivity contribution is 7.10. The lowest BCUT2D eigenvalue weighted by Gasteiger charge is -2.26. The van der Waals surface area contributed by atoms with Gasteiger partial charge in [0.25, 0.3) is 0 Å². The minimum Gasteiger partial charge on any atom is -0.395 e. The number of nitrogens with one attached hydrogen (secondary N) is 1. The number of nitrogens with zero attached hydrogens (tertiary/aromatic N) is 1. The summed E-state index contributed by atoms with van der Waals surface area (Å²) in [7, 11) is 0. The summed E-state index contributed by atoms with van der Waals surface area (Å²) < 4.78 is 0. The van der Waals surface area contributed by atoms with Crippen LogP contribution in [0.15, 0.2) is 41.8 Å². The Morgan fingerprint density at radius 1 is 1.17 bits per heavy atom. The summed E-state index contributed by atoms with van der Waals surface area (Å²) in [6.45, 7) is 2.12. The fourth-order valence-corrected chi connectivity index (χ4v) is 3.23. The number of urea groups is 1. The van der Waals surface area contributed by atoms with Crippen LogP contribution in [-0.2, 0) is 0 Å². The molecule has 0 spiro atoms. The summed E-state index contributed by atoms with van der Waals surface area (Å²) in [6.07, 6.45) is 0. The number of aliphatic hydroxyl groups is 2. The van der Waals surface area contributed by atoms with Gasteiger partial charge in [0.05, 0.1) is 19.3 Å². The molecule has 3 N–H and O–H groups in total. The van der Waals surface area contributed by atoms with Crippen LogP contribution in [0.3, 0.4) is 0 Å². The largest absolute Gasteiger partial charge is 0.395 e. The number of amides is 2. The van der Waals surface area contributed by atoms with Gasteiger partial charge >= 0.3 is 6.03 Å². The zero-order chi connectivity index (χ0) is 16.7. The molecule has 0 bridgehead atoms. The van der Waals surface area contributed by atoms with Crippen LogP contribution in [-0.4, -0.2) is 47.4 Å². The molecule has 1 aromatic carbocycles. The Morgan fingerprint density at radius 3 is 2.43 bits per heavy atom. The van der Waals surface area contributed by atoms with Crippen molar-refractivity contribution in [2.45, 2.75) is 13.0 Å². The Bertz CT molecular complexity index is 610. The van der Waals surface area contributed by atoms with Crippen molar-refractivity contribution in [1.29, 1.82) is 0 Å². The summed E-state index contributed by atoms with van der Waals surface area (Å²) in [5, 5.41) is 23.2. The van der Waals surface area contributed by atoms with E-state index in [1.165, 1.54) is 4.90 Å². The molecule has 2 amide bonds. The second kappa shape index (κ2) is 8.67. The molecule has 0 radical (unpaired) electrons. The van der Waals surface area contributed by atoms with Crippen molar-refractivity contribution < 1.29 is 15.0 Å². The zero-order valence-electron chi connectivity index (χ0n) is 13.1. The van der Waals surface area contributed by atoms with E-state index in [1.54, 1.807) is 11.3 Å². The van der Waals surface area contributed by atoms with E-state index in [-0.39, 0.29) is 38.4 Å². The number of benzene rings is 1. The molecule has 0 aliphatic rings. The van der Waals surface area contributed by atoms with Crippen molar-refractivity contribution in [3.05, 3.63) is 57.8 Å². The second-order valence-electron chi connectivity index (χ2n) is 5.19. The van der Waals surface area contributed by atoms with E-state index in [2.05, 4.69) is 5.32 Å². The first-order valence-electron chi connectivity index (χ1n) is 7.53. The highest BCUT2D eigenvalue weighted by Gasteiger charge is 2.22. The van der Waals surface area contributed by atoms with E-state index in [1.807, 2.05) is 48.7 Å². The fraction of sp³-hybridized carbons (Fsp3) is 0.353. The molecule has 0 aliphatic carbocycles. The normalized spacial score (nSPS) is 12.0. The Kier molecular flexibility index (Phi) is 6.58. The van der Waals surface area contributed by atoms with Gasteiger partial charge in [-0.15, -0.1) is 11.3 Å².